The summed E-state index contributed by atoms with van der Waals surface area (Å²) in [4.78, 5) is 23.4. The van der Waals surface area contributed by atoms with Gasteiger partial charge in [0.15, 0.2) is 18.2 Å². The summed E-state index contributed by atoms with van der Waals surface area (Å²) in [5.74, 6) is -3.13. The number of halogens is 3. The van der Waals surface area contributed by atoms with E-state index < -0.39 is 30.1 Å². The Bertz CT molecular complexity index is 884. The second-order valence-electron chi connectivity index (χ2n) is 5.00. The molecule has 6 nitrogen and oxygen atoms in total. The molecule has 0 aliphatic rings. The minimum absolute atomic E-state index is 0.0590. The zero-order chi connectivity index (χ0) is 19.1. The van der Waals surface area contributed by atoms with Gasteiger partial charge in [-0.3, -0.25) is 9.59 Å². The van der Waals surface area contributed by atoms with E-state index in [1.54, 1.807) is 0 Å². The van der Waals surface area contributed by atoms with E-state index in [1.807, 2.05) is 6.07 Å². The van der Waals surface area contributed by atoms with E-state index in [0.29, 0.717) is 5.56 Å². The van der Waals surface area contributed by atoms with E-state index in [2.05, 4.69) is 10.6 Å². The Morgan fingerprint density at radius 2 is 1.88 bits per heavy atom. The Hall–Kier alpha value is -3.18. The summed E-state index contributed by atoms with van der Waals surface area (Å²) < 4.78 is 31.0. The number of ether oxygens (including phenoxy) is 1. The van der Waals surface area contributed by atoms with Crippen molar-refractivity contribution in [2.45, 2.75) is 0 Å². The van der Waals surface area contributed by atoms with E-state index in [0.717, 1.165) is 12.1 Å². The van der Waals surface area contributed by atoms with Crippen LogP contribution in [0.25, 0.3) is 0 Å². The van der Waals surface area contributed by atoms with Crippen LogP contribution in [-0.2, 0) is 9.59 Å². The standard InChI is InChI=1S/C17H12ClF2N3O3/c18-12-5-10(7-21)1-4-15(12)26-9-17(25)22-8-16(24)23-11-2-3-13(19)14(20)6-11/h1-6H,8-9H2,(H,22,25)(H,23,24). The smallest absolute Gasteiger partial charge is 0.258 e. The maximum absolute atomic E-state index is 13.0. The van der Waals surface area contributed by atoms with Gasteiger partial charge in [0.2, 0.25) is 5.91 Å². The second kappa shape index (κ2) is 8.78. The number of carbonyl (C=O) groups excluding carboxylic acids is 2. The third kappa shape index (κ3) is 5.43. The van der Waals surface area contributed by atoms with Gasteiger partial charge in [0.25, 0.3) is 5.91 Å². The molecule has 0 atom stereocenters. The first-order valence-electron chi connectivity index (χ1n) is 7.23. The molecular weight excluding hydrogens is 368 g/mol. The van der Waals surface area contributed by atoms with Crippen LogP contribution >= 0.6 is 11.6 Å². The van der Waals surface area contributed by atoms with Gasteiger partial charge in [-0.05, 0) is 30.3 Å². The molecule has 2 N–H and O–H groups in total. The number of hydrogen-bond acceptors (Lipinski definition) is 4. The molecule has 2 rings (SSSR count). The molecule has 0 aromatic heterocycles. The molecule has 2 aromatic rings. The molecule has 0 unspecified atom stereocenters. The molecular formula is C17H12ClF2N3O3. The molecule has 0 spiro atoms. The quantitative estimate of drug-likeness (QED) is 0.807. The maximum atomic E-state index is 13.0. The highest BCUT2D eigenvalue weighted by Crippen LogP contribution is 2.25. The van der Waals surface area contributed by atoms with Gasteiger partial charge in [-0.1, -0.05) is 11.6 Å². The van der Waals surface area contributed by atoms with Crippen LogP contribution < -0.4 is 15.4 Å². The largest absolute Gasteiger partial charge is 0.482 e. The van der Waals surface area contributed by atoms with Crippen molar-refractivity contribution in [1.29, 1.82) is 5.26 Å². The Morgan fingerprint density at radius 1 is 1.12 bits per heavy atom. The van der Waals surface area contributed by atoms with Gasteiger partial charge in [-0.15, -0.1) is 0 Å². The first kappa shape index (κ1) is 19.1. The Kier molecular flexibility index (Phi) is 6.47. The number of hydrogen-bond donors (Lipinski definition) is 2. The van der Waals surface area contributed by atoms with Gasteiger partial charge in [0, 0.05) is 11.8 Å². The van der Waals surface area contributed by atoms with Crippen LogP contribution in [0, 0.1) is 23.0 Å². The van der Waals surface area contributed by atoms with Gasteiger partial charge in [0.1, 0.15) is 5.75 Å². The lowest BCUT2D eigenvalue weighted by atomic mass is 10.2. The second-order valence-corrected chi connectivity index (χ2v) is 5.41. The zero-order valence-electron chi connectivity index (χ0n) is 13.2. The highest BCUT2D eigenvalue weighted by Gasteiger charge is 2.10. The van der Waals surface area contributed by atoms with Crippen molar-refractivity contribution in [3.05, 3.63) is 58.6 Å². The van der Waals surface area contributed by atoms with E-state index in [9.17, 15) is 18.4 Å². The Balaban J connectivity index is 1.78. The van der Waals surface area contributed by atoms with E-state index >= 15 is 0 Å². The van der Waals surface area contributed by atoms with Gasteiger partial charge < -0.3 is 15.4 Å². The predicted molar refractivity (Wildman–Crippen MR) is 89.7 cm³/mol. The molecule has 0 aliphatic carbocycles. The summed E-state index contributed by atoms with van der Waals surface area (Å²) in [5, 5.41) is 13.5. The molecule has 2 amide bonds. The number of nitriles is 1. The fourth-order valence-corrected chi connectivity index (χ4v) is 2.07. The maximum Gasteiger partial charge on any atom is 0.258 e. The number of nitrogens with one attached hydrogen (secondary N) is 2. The average Bonchev–Trinajstić information content (AvgIpc) is 2.62. The number of benzene rings is 2. The van der Waals surface area contributed by atoms with E-state index in [4.69, 9.17) is 21.6 Å². The van der Waals surface area contributed by atoms with Gasteiger partial charge in [-0.2, -0.15) is 5.26 Å². The normalized spacial score (nSPS) is 9.92. The summed E-state index contributed by atoms with van der Waals surface area (Å²) >= 11 is 5.90. The van der Waals surface area contributed by atoms with Crippen molar-refractivity contribution in [3.8, 4) is 11.8 Å². The number of carbonyl (C=O) groups is 2. The van der Waals surface area contributed by atoms with Crippen LogP contribution in [0.2, 0.25) is 5.02 Å². The minimum atomic E-state index is -1.10. The third-order valence-corrected chi connectivity index (χ3v) is 3.36. The van der Waals surface area contributed by atoms with Crippen LogP contribution in [0.1, 0.15) is 5.56 Å². The molecule has 0 aliphatic heterocycles. The van der Waals surface area contributed by atoms with Crippen molar-refractivity contribution in [2.24, 2.45) is 0 Å². The molecule has 2 aromatic carbocycles. The zero-order valence-corrected chi connectivity index (χ0v) is 13.9. The lowest BCUT2D eigenvalue weighted by Gasteiger charge is -2.09. The Morgan fingerprint density at radius 3 is 2.54 bits per heavy atom. The van der Waals surface area contributed by atoms with Crippen LogP contribution in [-0.4, -0.2) is 25.0 Å². The van der Waals surface area contributed by atoms with Crippen molar-refractivity contribution >= 4 is 29.1 Å². The minimum Gasteiger partial charge on any atom is -0.482 e. The highest BCUT2D eigenvalue weighted by atomic mass is 35.5. The number of nitrogens with zero attached hydrogens (tertiary/aromatic N) is 1. The fraction of sp³-hybridized carbons (Fsp3) is 0.118. The first-order valence-corrected chi connectivity index (χ1v) is 7.61. The fourth-order valence-electron chi connectivity index (χ4n) is 1.84. The lowest BCUT2D eigenvalue weighted by Crippen LogP contribution is -2.35. The molecule has 0 heterocycles. The topological polar surface area (TPSA) is 91.2 Å². The molecule has 0 saturated carbocycles. The molecule has 134 valence electrons. The lowest BCUT2D eigenvalue weighted by molar-refractivity contribution is -0.125. The van der Waals surface area contributed by atoms with Crippen LogP contribution in [0.4, 0.5) is 14.5 Å². The Labute approximate surface area is 152 Å². The number of anilines is 1. The molecule has 26 heavy (non-hydrogen) atoms. The molecule has 0 bridgehead atoms. The SMILES string of the molecule is N#Cc1ccc(OCC(=O)NCC(=O)Nc2ccc(F)c(F)c2)c(Cl)c1. The van der Waals surface area contributed by atoms with E-state index in [1.165, 1.54) is 24.3 Å². The highest BCUT2D eigenvalue weighted by molar-refractivity contribution is 6.32. The molecule has 0 fully saturated rings. The summed E-state index contributed by atoms with van der Waals surface area (Å²) in [6.45, 7) is -0.785. The summed E-state index contributed by atoms with van der Waals surface area (Å²) in [7, 11) is 0. The first-order chi connectivity index (χ1) is 12.4. The average molecular weight is 380 g/mol. The van der Waals surface area contributed by atoms with Crippen LogP contribution in [0.5, 0.6) is 5.75 Å². The van der Waals surface area contributed by atoms with Gasteiger partial charge in [0.05, 0.1) is 23.2 Å². The van der Waals surface area contributed by atoms with Crippen LogP contribution in [0.3, 0.4) is 0 Å². The van der Waals surface area contributed by atoms with Crippen molar-refractivity contribution in [1.82, 2.24) is 5.32 Å². The third-order valence-electron chi connectivity index (χ3n) is 3.07. The summed E-state index contributed by atoms with van der Waals surface area (Å²) in [5.41, 5.74) is 0.407. The summed E-state index contributed by atoms with van der Waals surface area (Å²) in [6.07, 6.45) is 0. The predicted octanol–water partition coefficient (Wildman–Crippen LogP) is 2.62. The van der Waals surface area contributed by atoms with Crippen molar-refractivity contribution in [3.63, 3.8) is 0 Å². The molecule has 9 heteroatoms. The number of rotatable bonds is 6. The number of amides is 2. The van der Waals surface area contributed by atoms with Gasteiger partial charge in [-0.25, -0.2) is 8.78 Å². The molecule has 0 radical (unpaired) electrons. The molecule has 0 saturated heterocycles. The van der Waals surface area contributed by atoms with Gasteiger partial charge >= 0.3 is 0 Å². The van der Waals surface area contributed by atoms with Crippen molar-refractivity contribution in [2.75, 3.05) is 18.5 Å². The van der Waals surface area contributed by atoms with Crippen molar-refractivity contribution < 1.29 is 23.1 Å². The van der Waals surface area contributed by atoms with E-state index in [-0.39, 0.29) is 23.0 Å². The monoisotopic (exact) mass is 379 g/mol. The van der Waals surface area contributed by atoms with Crippen LogP contribution in [0.15, 0.2) is 36.4 Å². The summed E-state index contributed by atoms with van der Waals surface area (Å²) in [6, 6.07) is 9.12.